The minimum atomic E-state index is -0.0702. The third-order valence-electron chi connectivity index (χ3n) is 4.06. The molecule has 0 unspecified atom stereocenters. The molecule has 1 atom stereocenters. The summed E-state index contributed by atoms with van der Waals surface area (Å²) in [4.78, 5) is 14.5. The first kappa shape index (κ1) is 16.1. The number of aryl methyl sites for hydroxylation is 1. The molecule has 3 rings (SSSR count). The number of hydrogen-bond donors (Lipinski definition) is 1. The van der Waals surface area contributed by atoms with E-state index in [1.165, 1.54) is 0 Å². The third kappa shape index (κ3) is 3.75. The summed E-state index contributed by atoms with van der Waals surface area (Å²) in [7, 11) is 2.01. The molecule has 122 valence electrons. The first-order valence-electron chi connectivity index (χ1n) is 7.62. The zero-order chi connectivity index (χ0) is 16.2. The fourth-order valence-electron chi connectivity index (χ4n) is 2.86. The highest BCUT2D eigenvalue weighted by molar-refractivity contribution is 6.33. The van der Waals surface area contributed by atoms with Crippen LogP contribution < -0.4 is 5.32 Å². The molecule has 1 aliphatic heterocycles. The monoisotopic (exact) mass is 333 g/mol. The van der Waals surface area contributed by atoms with Gasteiger partial charge in [0.1, 0.15) is 0 Å². The first-order valence-corrected chi connectivity index (χ1v) is 8.00. The third-order valence-corrected chi connectivity index (χ3v) is 4.39. The average Bonchev–Trinajstić information content (AvgIpc) is 2.96. The summed E-state index contributed by atoms with van der Waals surface area (Å²) < 4.78 is 7.67. The molecule has 1 saturated heterocycles. The maximum Gasteiger partial charge on any atom is 0.238 e. The van der Waals surface area contributed by atoms with Gasteiger partial charge in [-0.2, -0.15) is 0 Å². The van der Waals surface area contributed by atoms with Gasteiger partial charge in [0.2, 0.25) is 5.91 Å². The molecule has 23 heavy (non-hydrogen) atoms. The molecule has 1 aromatic heterocycles. The van der Waals surface area contributed by atoms with Crippen LogP contribution in [0.4, 0.5) is 5.69 Å². The normalized spacial score (nSPS) is 18.8. The number of anilines is 1. The Morgan fingerprint density at radius 3 is 2.91 bits per heavy atom. The van der Waals surface area contributed by atoms with Crippen molar-refractivity contribution < 1.29 is 9.53 Å². The quantitative estimate of drug-likeness (QED) is 0.935. The van der Waals surface area contributed by atoms with Crippen molar-refractivity contribution in [2.45, 2.75) is 6.04 Å². The molecule has 5 nitrogen and oxygen atoms in total. The lowest BCUT2D eigenvalue weighted by Gasteiger charge is -2.35. The van der Waals surface area contributed by atoms with Gasteiger partial charge in [0.15, 0.2) is 0 Å². The number of benzene rings is 1. The van der Waals surface area contributed by atoms with Gasteiger partial charge in [0.05, 0.1) is 36.5 Å². The number of morpholine rings is 1. The molecule has 1 N–H and O–H groups in total. The number of carbonyl (C=O) groups is 1. The summed E-state index contributed by atoms with van der Waals surface area (Å²) in [6.07, 6.45) is 2.01. The second-order valence-corrected chi connectivity index (χ2v) is 6.04. The van der Waals surface area contributed by atoms with Crippen LogP contribution in [0.3, 0.4) is 0 Å². The molecule has 0 spiro atoms. The van der Waals surface area contributed by atoms with Crippen LogP contribution in [0.25, 0.3) is 0 Å². The largest absolute Gasteiger partial charge is 0.378 e. The average molecular weight is 334 g/mol. The summed E-state index contributed by atoms with van der Waals surface area (Å²) >= 11 is 6.09. The van der Waals surface area contributed by atoms with Crippen molar-refractivity contribution >= 4 is 23.2 Å². The molecule has 0 saturated carbocycles. The zero-order valence-corrected chi connectivity index (χ0v) is 13.8. The zero-order valence-electron chi connectivity index (χ0n) is 13.0. The topological polar surface area (TPSA) is 46.5 Å². The van der Waals surface area contributed by atoms with Gasteiger partial charge in [-0.25, -0.2) is 0 Å². The van der Waals surface area contributed by atoms with Crippen LogP contribution >= 0.6 is 11.6 Å². The number of para-hydroxylation sites is 1. The number of carbonyl (C=O) groups excluding carboxylic acids is 1. The Hall–Kier alpha value is -1.82. The number of aromatic nitrogens is 1. The maximum atomic E-state index is 12.4. The SMILES string of the molecule is Cn1cccc1[C@H]1COCCN1CC(=O)Nc1ccccc1Cl. The van der Waals surface area contributed by atoms with Crippen LogP contribution in [0.2, 0.25) is 5.02 Å². The van der Waals surface area contributed by atoms with E-state index in [9.17, 15) is 4.79 Å². The molecule has 6 heteroatoms. The van der Waals surface area contributed by atoms with Crippen molar-refractivity contribution in [1.29, 1.82) is 0 Å². The van der Waals surface area contributed by atoms with Crippen molar-refractivity contribution in [3.05, 3.63) is 53.3 Å². The summed E-state index contributed by atoms with van der Waals surface area (Å²) in [6, 6.07) is 11.4. The highest BCUT2D eigenvalue weighted by atomic mass is 35.5. The first-order chi connectivity index (χ1) is 11.1. The fraction of sp³-hybridized carbons (Fsp3) is 0.353. The Balaban J connectivity index is 1.68. The Labute approximate surface area is 140 Å². The van der Waals surface area contributed by atoms with Crippen molar-refractivity contribution in [3.63, 3.8) is 0 Å². The minimum Gasteiger partial charge on any atom is -0.378 e. The van der Waals surface area contributed by atoms with Crippen LogP contribution in [0.5, 0.6) is 0 Å². The van der Waals surface area contributed by atoms with E-state index in [-0.39, 0.29) is 11.9 Å². The lowest BCUT2D eigenvalue weighted by molar-refractivity contribution is -0.119. The Bertz CT molecular complexity index is 686. The van der Waals surface area contributed by atoms with Gasteiger partial charge in [0.25, 0.3) is 0 Å². The van der Waals surface area contributed by atoms with Crippen LogP contribution in [-0.2, 0) is 16.6 Å². The second kappa shape index (κ2) is 7.17. The highest BCUT2D eigenvalue weighted by Crippen LogP contribution is 2.25. The van der Waals surface area contributed by atoms with Crippen LogP contribution in [0, 0.1) is 0 Å². The highest BCUT2D eigenvalue weighted by Gasteiger charge is 2.27. The number of nitrogens with zero attached hydrogens (tertiary/aromatic N) is 2. The van der Waals surface area contributed by atoms with Gasteiger partial charge in [-0.3, -0.25) is 9.69 Å². The van der Waals surface area contributed by atoms with E-state index in [1.807, 2.05) is 31.4 Å². The van der Waals surface area contributed by atoms with Crippen LogP contribution in [0.1, 0.15) is 11.7 Å². The standard InChI is InChI=1S/C17H20ClN3O2/c1-20-8-4-7-15(20)16-12-23-10-9-21(16)11-17(22)19-14-6-3-2-5-13(14)18/h2-8,16H,9-12H2,1H3,(H,19,22)/t16-/m1/s1. The molecule has 0 bridgehead atoms. The molecule has 0 aliphatic carbocycles. The van der Waals surface area contributed by atoms with Gasteiger partial charge in [-0.05, 0) is 24.3 Å². The second-order valence-electron chi connectivity index (χ2n) is 5.63. The summed E-state index contributed by atoms with van der Waals surface area (Å²) in [6.45, 7) is 2.27. The molecule has 0 radical (unpaired) electrons. The fourth-order valence-corrected chi connectivity index (χ4v) is 3.04. The lowest BCUT2D eigenvalue weighted by atomic mass is 10.1. The van der Waals surface area contributed by atoms with Crippen molar-refractivity contribution in [1.82, 2.24) is 9.47 Å². The number of hydrogen-bond acceptors (Lipinski definition) is 3. The summed E-state index contributed by atoms with van der Waals surface area (Å²) in [5.74, 6) is -0.0702. The molecular weight excluding hydrogens is 314 g/mol. The molecule has 1 amide bonds. The minimum absolute atomic E-state index is 0.0702. The number of nitrogens with one attached hydrogen (secondary N) is 1. The van der Waals surface area contributed by atoms with E-state index in [0.29, 0.717) is 30.5 Å². The van der Waals surface area contributed by atoms with E-state index < -0.39 is 0 Å². The van der Waals surface area contributed by atoms with Crippen LogP contribution in [0.15, 0.2) is 42.6 Å². The Morgan fingerprint density at radius 2 is 2.17 bits per heavy atom. The van der Waals surface area contributed by atoms with Gasteiger partial charge >= 0.3 is 0 Å². The molecule has 1 aliphatic rings. The predicted octanol–water partition coefficient (Wildman–Crippen LogP) is 2.69. The molecular formula is C17H20ClN3O2. The summed E-state index contributed by atoms with van der Waals surface area (Å²) in [5.41, 5.74) is 1.79. The van der Waals surface area contributed by atoms with E-state index in [2.05, 4.69) is 20.9 Å². The Kier molecular flexibility index (Phi) is 5.00. The molecule has 1 fully saturated rings. The van der Waals surface area contributed by atoms with Gasteiger partial charge in [-0.15, -0.1) is 0 Å². The number of halogens is 1. The Morgan fingerprint density at radius 1 is 1.35 bits per heavy atom. The lowest BCUT2D eigenvalue weighted by Crippen LogP contribution is -2.44. The van der Waals surface area contributed by atoms with E-state index >= 15 is 0 Å². The van der Waals surface area contributed by atoms with Crippen molar-refractivity contribution in [3.8, 4) is 0 Å². The number of amides is 1. The number of rotatable bonds is 4. The van der Waals surface area contributed by atoms with Crippen molar-refractivity contribution in [2.75, 3.05) is 31.6 Å². The van der Waals surface area contributed by atoms with E-state index in [0.717, 1.165) is 12.2 Å². The van der Waals surface area contributed by atoms with E-state index in [4.69, 9.17) is 16.3 Å². The maximum absolute atomic E-state index is 12.4. The predicted molar refractivity (Wildman–Crippen MR) is 90.6 cm³/mol. The summed E-state index contributed by atoms with van der Waals surface area (Å²) in [5, 5.41) is 3.42. The number of ether oxygens (including phenoxy) is 1. The molecule has 2 aromatic rings. The van der Waals surface area contributed by atoms with Gasteiger partial charge in [-0.1, -0.05) is 23.7 Å². The molecule has 2 heterocycles. The smallest absolute Gasteiger partial charge is 0.238 e. The van der Waals surface area contributed by atoms with E-state index in [1.54, 1.807) is 12.1 Å². The van der Waals surface area contributed by atoms with Gasteiger partial charge < -0.3 is 14.6 Å². The molecule has 1 aromatic carbocycles. The van der Waals surface area contributed by atoms with Gasteiger partial charge in [0, 0.05) is 25.5 Å². The van der Waals surface area contributed by atoms with Crippen molar-refractivity contribution in [2.24, 2.45) is 7.05 Å². The van der Waals surface area contributed by atoms with Crippen LogP contribution in [-0.4, -0.2) is 41.7 Å².